The number of hydrogen-bond acceptors (Lipinski definition) is 1. The number of ether oxygens (including phenoxy) is 1. The molecule has 3 fully saturated rings. The highest BCUT2D eigenvalue weighted by atomic mass is 16.5. The maximum absolute atomic E-state index is 6.03. The van der Waals surface area contributed by atoms with Gasteiger partial charge in [-0.05, 0) is 105 Å². The van der Waals surface area contributed by atoms with Crippen molar-refractivity contribution >= 4 is 0 Å². The Labute approximate surface area is 181 Å². The van der Waals surface area contributed by atoms with E-state index in [9.17, 15) is 0 Å². The molecule has 5 unspecified atom stereocenters. The van der Waals surface area contributed by atoms with Crippen LogP contribution in [0.1, 0.15) is 112 Å². The first-order chi connectivity index (χ1) is 13.9. The quantitative estimate of drug-likeness (QED) is 0.309. The fourth-order valence-corrected chi connectivity index (χ4v) is 8.53. The van der Waals surface area contributed by atoms with Crippen molar-refractivity contribution in [3.63, 3.8) is 0 Å². The van der Waals surface area contributed by atoms with Crippen molar-refractivity contribution in [2.24, 2.45) is 40.4 Å². The lowest BCUT2D eigenvalue weighted by Gasteiger charge is -2.58. The Balaban J connectivity index is 1.44. The summed E-state index contributed by atoms with van der Waals surface area (Å²) in [5.41, 5.74) is 2.89. The largest absolute Gasteiger partial charge is 0.378 e. The molecule has 29 heavy (non-hydrogen) atoms. The monoisotopic (exact) mass is 400 g/mol. The van der Waals surface area contributed by atoms with E-state index in [1.165, 1.54) is 77.0 Å². The summed E-state index contributed by atoms with van der Waals surface area (Å²) >= 11 is 0. The van der Waals surface area contributed by atoms with Gasteiger partial charge in [-0.1, -0.05) is 58.6 Å². The molecule has 4 aliphatic carbocycles. The zero-order chi connectivity index (χ0) is 20.6. The van der Waals surface area contributed by atoms with Crippen LogP contribution in [-0.2, 0) is 4.74 Å². The van der Waals surface area contributed by atoms with Crippen molar-refractivity contribution in [1.82, 2.24) is 0 Å². The molecule has 0 spiro atoms. The second-order valence-electron chi connectivity index (χ2n) is 12.1. The minimum absolute atomic E-state index is 0.479. The third kappa shape index (κ3) is 3.99. The molecule has 4 aliphatic rings. The number of rotatable bonds is 7. The molecule has 0 aliphatic heterocycles. The average Bonchev–Trinajstić information content (AvgIpc) is 3.02. The highest BCUT2D eigenvalue weighted by Crippen LogP contribution is 2.66. The van der Waals surface area contributed by atoms with Crippen LogP contribution in [0.2, 0.25) is 0 Å². The van der Waals surface area contributed by atoms with Crippen molar-refractivity contribution in [2.75, 3.05) is 6.61 Å². The normalized spacial score (nSPS) is 44.2. The summed E-state index contributed by atoms with van der Waals surface area (Å²) in [5, 5.41) is 0. The van der Waals surface area contributed by atoms with Crippen LogP contribution in [0.25, 0.3) is 0 Å². The Morgan fingerprint density at radius 2 is 1.86 bits per heavy atom. The molecule has 0 saturated heterocycles. The van der Waals surface area contributed by atoms with Gasteiger partial charge in [0.2, 0.25) is 0 Å². The Morgan fingerprint density at radius 3 is 2.62 bits per heavy atom. The van der Waals surface area contributed by atoms with E-state index in [2.05, 4.69) is 40.7 Å². The van der Waals surface area contributed by atoms with Gasteiger partial charge in [-0.25, -0.2) is 0 Å². The van der Waals surface area contributed by atoms with Crippen LogP contribution < -0.4 is 0 Å². The molecule has 0 bridgehead atoms. The summed E-state index contributed by atoms with van der Waals surface area (Å²) in [6.45, 7) is 13.1. The van der Waals surface area contributed by atoms with Crippen LogP contribution in [0, 0.1) is 40.4 Å². The van der Waals surface area contributed by atoms with Gasteiger partial charge in [0.15, 0.2) is 0 Å². The van der Waals surface area contributed by atoms with Crippen molar-refractivity contribution in [3.8, 4) is 0 Å². The second kappa shape index (κ2) is 8.68. The van der Waals surface area contributed by atoms with Crippen LogP contribution in [0.15, 0.2) is 11.6 Å². The molecule has 7 atom stereocenters. The Morgan fingerprint density at radius 1 is 1.03 bits per heavy atom. The van der Waals surface area contributed by atoms with Gasteiger partial charge in [0.05, 0.1) is 6.10 Å². The first-order valence-corrected chi connectivity index (χ1v) is 13.2. The molecule has 0 aromatic carbocycles. The number of fused-ring (bicyclic) bond motifs is 5. The minimum atomic E-state index is 0.479. The van der Waals surface area contributed by atoms with Crippen molar-refractivity contribution in [2.45, 2.75) is 118 Å². The van der Waals surface area contributed by atoms with Gasteiger partial charge in [0.25, 0.3) is 0 Å². The van der Waals surface area contributed by atoms with Gasteiger partial charge < -0.3 is 4.74 Å². The number of allylic oxidation sites excluding steroid dienone is 1. The van der Waals surface area contributed by atoms with Gasteiger partial charge in [-0.15, -0.1) is 0 Å². The van der Waals surface area contributed by atoms with Gasteiger partial charge in [-0.3, -0.25) is 0 Å². The Bertz CT molecular complexity index is 591. The van der Waals surface area contributed by atoms with Gasteiger partial charge in [0, 0.05) is 6.61 Å². The zero-order valence-electron chi connectivity index (χ0n) is 20.1. The van der Waals surface area contributed by atoms with E-state index in [1.807, 2.05) is 0 Å². The minimum Gasteiger partial charge on any atom is -0.378 e. The molecule has 0 aromatic rings. The summed E-state index contributed by atoms with van der Waals surface area (Å²) in [6.07, 6.45) is 20.3. The molecule has 0 N–H and O–H groups in total. The summed E-state index contributed by atoms with van der Waals surface area (Å²) in [6, 6.07) is 0. The van der Waals surface area contributed by atoms with E-state index in [-0.39, 0.29) is 0 Å². The summed E-state index contributed by atoms with van der Waals surface area (Å²) in [4.78, 5) is 0. The molecule has 0 aromatic heterocycles. The van der Waals surface area contributed by atoms with E-state index < -0.39 is 0 Å². The molecule has 1 heteroatoms. The molecule has 166 valence electrons. The predicted octanol–water partition coefficient (Wildman–Crippen LogP) is 8.19. The third-order valence-corrected chi connectivity index (χ3v) is 10.2. The standard InChI is InChI=1S/C28H48O/c1-6-29-23-15-17-28(5)22(19-23)11-13-24-25-14-12-21(10-8-7-9-20(2)3)27(25,4)18-16-26(24)28/h11,20-21,23-26H,6-10,12-19H2,1-5H3/t21-,23+,24?,25?,26?,27?,28?/m0/s1. The van der Waals surface area contributed by atoms with E-state index in [0.29, 0.717) is 16.9 Å². The average molecular weight is 401 g/mol. The highest BCUT2D eigenvalue weighted by molar-refractivity contribution is 5.25. The Kier molecular flexibility index (Phi) is 6.56. The molecule has 0 radical (unpaired) electrons. The lowest BCUT2D eigenvalue weighted by molar-refractivity contribution is -0.0577. The molecule has 3 saturated carbocycles. The predicted molar refractivity (Wildman–Crippen MR) is 124 cm³/mol. The second-order valence-corrected chi connectivity index (χ2v) is 12.1. The molecule has 4 rings (SSSR count). The molecular weight excluding hydrogens is 352 g/mol. The lowest BCUT2D eigenvalue weighted by atomic mass is 9.47. The Hall–Kier alpha value is -0.300. The highest BCUT2D eigenvalue weighted by Gasteiger charge is 2.58. The zero-order valence-corrected chi connectivity index (χ0v) is 20.1. The van der Waals surface area contributed by atoms with Crippen molar-refractivity contribution in [3.05, 3.63) is 11.6 Å². The maximum Gasteiger partial charge on any atom is 0.0612 e. The summed E-state index contributed by atoms with van der Waals surface area (Å²) < 4.78 is 6.03. The summed E-state index contributed by atoms with van der Waals surface area (Å²) in [7, 11) is 0. The topological polar surface area (TPSA) is 9.23 Å². The van der Waals surface area contributed by atoms with E-state index in [4.69, 9.17) is 4.74 Å². The van der Waals surface area contributed by atoms with Crippen LogP contribution in [-0.4, -0.2) is 12.7 Å². The fourth-order valence-electron chi connectivity index (χ4n) is 8.53. The molecule has 1 nitrogen and oxygen atoms in total. The molecule has 0 amide bonds. The van der Waals surface area contributed by atoms with Gasteiger partial charge in [0.1, 0.15) is 0 Å². The van der Waals surface area contributed by atoms with Crippen LogP contribution in [0.5, 0.6) is 0 Å². The van der Waals surface area contributed by atoms with Crippen LogP contribution >= 0.6 is 0 Å². The smallest absolute Gasteiger partial charge is 0.0612 e. The van der Waals surface area contributed by atoms with E-state index in [1.54, 1.807) is 5.57 Å². The van der Waals surface area contributed by atoms with Crippen LogP contribution in [0.3, 0.4) is 0 Å². The van der Waals surface area contributed by atoms with Crippen molar-refractivity contribution < 1.29 is 4.74 Å². The van der Waals surface area contributed by atoms with Gasteiger partial charge >= 0.3 is 0 Å². The van der Waals surface area contributed by atoms with Gasteiger partial charge in [-0.2, -0.15) is 0 Å². The SMILES string of the molecule is CCO[C@@H]1CCC2(C)C(=CCC3C2CCC2(C)C3CC[C@@H]2CCCCC(C)C)C1. The maximum atomic E-state index is 6.03. The van der Waals surface area contributed by atoms with E-state index >= 15 is 0 Å². The van der Waals surface area contributed by atoms with E-state index in [0.717, 1.165) is 36.2 Å². The summed E-state index contributed by atoms with van der Waals surface area (Å²) in [5.74, 6) is 4.79. The first kappa shape index (κ1) is 21.9. The van der Waals surface area contributed by atoms with Crippen molar-refractivity contribution in [1.29, 1.82) is 0 Å². The fraction of sp³-hybridized carbons (Fsp3) is 0.929. The lowest BCUT2D eigenvalue weighted by Crippen LogP contribution is -2.50. The molecular formula is C28H48O. The third-order valence-electron chi connectivity index (χ3n) is 10.2. The number of unbranched alkanes of at least 4 members (excludes halogenated alkanes) is 1. The first-order valence-electron chi connectivity index (χ1n) is 13.2. The van der Waals surface area contributed by atoms with Crippen LogP contribution in [0.4, 0.5) is 0 Å². The molecule has 0 heterocycles. The number of hydrogen-bond donors (Lipinski definition) is 0.